The highest BCUT2D eigenvalue weighted by Gasteiger charge is 2.31. The molecule has 38 heavy (non-hydrogen) atoms. The van der Waals surface area contributed by atoms with Crippen molar-refractivity contribution in [2.45, 2.75) is 51.2 Å². The number of amides is 3. The molecule has 1 N–H and O–H groups in total. The van der Waals surface area contributed by atoms with E-state index in [2.05, 4.69) is 15.3 Å². The van der Waals surface area contributed by atoms with Crippen LogP contribution in [0.25, 0.3) is 11.4 Å². The van der Waals surface area contributed by atoms with Crippen LogP contribution in [0.3, 0.4) is 0 Å². The van der Waals surface area contributed by atoms with Gasteiger partial charge in [0.15, 0.2) is 5.82 Å². The van der Waals surface area contributed by atoms with Crippen LogP contribution in [-0.2, 0) is 9.53 Å². The summed E-state index contributed by atoms with van der Waals surface area (Å²) in [5.41, 5.74) is 0.775. The van der Waals surface area contributed by atoms with Crippen molar-refractivity contribution in [3.05, 3.63) is 42.1 Å². The van der Waals surface area contributed by atoms with Gasteiger partial charge in [-0.1, -0.05) is 30.3 Å². The third kappa shape index (κ3) is 6.76. The fourth-order valence-electron chi connectivity index (χ4n) is 4.56. The van der Waals surface area contributed by atoms with E-state index in [-0.39, 0.29) is 43.8 Å². The summed E-state index contributed by atoms with van der Waals surface area (Å²) in [6, 6.07) is 11.7. The second-order valence-electron chi connectivity index (χ2n) is 9.20. The number of ether oxygens (including phenoxy) is 2. The van der Waals surface area contributed by atoms with Crippen LogP contribution in [-0.4, -0.2) is 82.6 Å². The first-order valence-corrected chi connectivity index (χ1v) is 13.0. The fourth-order valence-corrected chi connectivity index (χ4v) is 4.56. The molecular weight excluding hydrogens is 488 g/mol. The van der Waals surface area contributed by atoms with Gasteiger partial charge >= 0.3 is 6.09 Å². The lowest BCUT2D eigenvalue weighted by Crippen LogP contribution is -2.55. The molecule has 2 heterocycles. The Bertz CT molecular complexity index is 1170. The van der Waals surface area contributed by atoms with E-state index in [0.29, 0.717) is 24.8 Å². The molecule has 2 aliphatic rings. The number of carbonyl (C=O) groups excluding carboxylic acids is 3. The first-order chi connectivity index (χ1) is 18.5. The van der Waals surface area contributed by atoms with Crippen LogP contribution in [0.5, 0.6) is 5.88 Å². The summed E-state index contributed by atoms with van der Waals surface area (Å²) in [4.78, 5) is 50.5. The van der Waals surface area contributed by atoms with Crippen molar-refractivity contribution in [1.29, 1.82) is 5.26 Å². The van der Waals surface area contributed by atoms with Crippen molar-refractivity contribution in [1.82, 2.24) is 25.1 Å². The Morgan fingerprint density at radius 2 is 1.76 bits per heavy atom. The number of piperazine rings is 1. The van der Waals surface area contributed by atoms with E-state index in [1.54, 1.807) is 11.8 Å². The summed E-state index contributed by atoms with van der Waals surface area (Å²) in [6.45, 7) is 3.19. The summed E-state index contributed by atoms with van der Waals surface area (Å²) < 4.78 is 11.1. The predicted molar refractivity (Wildman–Crippen MR) is 137 cm³/mol. The van der Waals surface area contributed by atoms with E-state index in [1.165, 1.54) is 11.0 Å². The number of hydrogen-bond acceptors (Lipinski definition) is 8. The number of aromatic nitrogens is 2. The Morgan fingerprint density at radius 3 is 2.42 bits per heavy atom. The molecule has 1 saturated heterocycles. The third-order valence-corrected chi connectivity index (χ3v) is 6.57. The lowest BCUT2D eigenvalue weighted by molar-refractivity contribution is -0.134. The quantitative estimate of drug-likeness (QED) is 0.561. The van der Waals surface area contributed by atoms with Gasteiger partial charge in [0.2, 0.25) is 11.8 Å². The van der Waals surface area contributed by atoms with E-state index < -0.39 is 18.0 Å². The molecule has 11 heteroatoms. The second kappa shape index (κ2) is 12.9. The molecule has 1 saturated carbocycles. The molecule has 1 aromatic carbocycles. The Balaban J connectivity index is 1.49. The highest BCUT2D eigenvalue weighted by atomic mass is 16.6. The zero-order valence-corrected chi connectivity index (χ0v) is 21.5. The van der Waals surface area contributed by atoms with Crippen molar-refractivity contribution in [2.24, 2.45) is 0 Å². The molecule has 1 aliphatic heterocycles. The standard InChI is InChI=1S/C27H32N6O5/c1-2-37-27(36)33-16-14-32(15-17-33)26(35)21(12-13-28)30-25(34)22-18-23(38-20-10-6-7-11-20)31-24(29-22)19-8-4-3-5-9-19/h3-5,8-9,18,20-21H,2,6-7,10-12,14-17H2,1H3,(H,30,34)/t21-/m0/s1. The number of nitrogens with one attached hydrogen (secondary N) is 1. The van der Waals surface area contributed by atoms with Crippen LogP contribution in [0.4, 0.5) is 4.79 Å². The zero-order valence-electron chi connectivity index (χ0n) is 21.5. The fraction of sp³-hybridized carbons (Fsp3) is 0.481. The lowest BCUT2D eigenvalue weighted by atomic mass is 10.1. The summed E-state index contributed by atoms with van der Waals surface area (Å²) in [6.07, 6.45) is 3.43. The molecule has 0 bridgehead atoms. The van der Waals surface area contributed by atoms with E-state index in [9.17, 15) is 19.6 Å². The van der Waals surface area contributed by atoms with Gasteiger partial charge in [-0.15, -0.1) is 0 Å². The maximum atomic E-state index is 13.3. The van der Waals surface area contributed by atoms with Crippen LogP contribution >= 0.6 is 0 Å². The number of benzene rings is 1. The molecule has 11 nitrogen and oxygen atoms in total. The van der Waals surface area contributed by atoms with Gasteiger partial charge in [-0.05, 0) is 32.6 Å². The van der Waals surface area contributed by atoms with Crippen LogP contribution in [0, 0.1) is 11.3 Å². The molecular formula is C27H32N6O5. The van der Waals surface area contributed by atoms with Gasteiger partial charge in [0, 0.05) is 37.8 Å². The smallest absolute Gasteiger partial charge is 0.409 e. The van der Waals surface area contributed by atoms with Gasteiger partial charge in [-0.2, -0.15) is 10.2 Å². The topological polar surface area (TPSA) is 138 Å². The number of nitrogens with zero attached hydrogens (tertiary/aromatic N) is 5. The van der Waals surface area contributed by atoms with Crippen molar-refractivity contribution in [2.75, 3.05) is 32.8 Å². The Morgan fingerprint density at radius 1 is 1.08 bits per heavy atom. The molecule has 0 radical (unpaired) electrons. The van der Waals surface area contributed by atoms with Crippen LogP contribution in [0.1, 0.15) is 49.5 Å². The first-order valence-electron chi connectivity index (χ1n) is 13.0. The van der Waals surface area contributed by atoms with Crippen LogP contribution < -0.4 is 10.1 Å². The Kier molecular flexibility index (Phi) is 9.08. The monoisotopic (exact) mass is 520 g/mol. The largest absolute Gasteiger partial charge is 0.474 e. The molecule has 200 valence electrons. The molecule has 4 rings (SSSR count). The average molecular weight is 521 g/mol. The zero-order chi connectivity index (χ0) is 26.9. The number of rotatable bonds is 8. The number of nitriles is 1. The van der Waals surface area contributed by atoms with Crippen LogP contribution in [0.2, 0.25) is 0 Å². The third-order valence-electron chi connectivity index (χ3n) is 6.57. The summed E-state index contributed by atoms with van der Waals surface area (Å²) in [7, 11) is 0. The van der Waals surface area contributed by atoms with Gasteiger partial charge in [0.1, 0.15) is 17.8 Å². The normalized spacial score (nSPS) is 16.4. The molecule has 3 amide bonds. The van der Waals surface area contributed by atoms with Gasteiger partial charge in [-0.25, -0.2) is 9.78 Å². The van der Waals surface area contributed by atoms with E-state index in [4.69, 9.17) is 9.47 Å². The number of carbonyl (C=O) groups is 3. The van der Waals surface area contributed by atoms with Gasteiger partial charge < -0.3 is 24.6 Å². The van der Waals surface area contributed by atoms with Crippen molar-refractivity contribution in [3.8, 4) is 23.3 Å². The Hall–Kier alpha value is -4.20. The van der Waals surface area contributed by atoms with E-state index in [0.717, 1.165) is 31.2 Å². The maximum absolute atomic E-state index is 13.3. The highest BCUT2D eigenvalue weighted by Crippen LogP contribution is 2.25. The van der Waals surface area contributed by atoms with Crippen LogP contribution in [0.15, 0.2) is 36.4 Å². The minimum atomic E-state index is -1.06. The van der Waals surface area contributed by atoms with Crippen molar-refractivity contribution >= 4 is 17.9 Å². The first kappa shape index (κ1) is 26.9. The Labute approximate surface area is 221 Å². The van der Waals surface area contributed by atoms with E-state index in [1.807, 2.05) is 36.4 Å². The molecule has 0 spiro atoms. The summed E-state index contributed by atoms with van der Waals surface area (Å²) >= 11 is 0. The number of hydrogen-bond donors (Lipinski definition) is 1. The summed E-state index contributed by atoms with van der Waals surface area (Å²) in [5.74, 6) is -0.346. The predicted octanol–water partition coefficient (Wildman–Crippen LogP) is 2.78. The second-order valence-corrected chi connectivity index (χ2v) is 9.20. The highest BCUT2D eigenvalue weighted by molar-refractivity contribution is 5.96. The molecule has 2 fully saturated rings. The van der Waals surface area contributed by atoms with Crippen molar-refractivity contribution in [3.63, 3.8) is 0 Å². The SMILES string of the molecule is CCOC(=O)N1CCN(C(=O)[C@H](CC#N)NC(=O)c2cc(OC3CCCC3)nc(-c3ccccc3)n2)CC1. The average Bonchev–Trinajstić information content (AvgIpc) is 3.46. The van der Waals surface area contributed by atoms with E-state index >= 15 is 0 Å². The molecule has 0 unspecified atom stereocenters. The minimum Gasteiger partial charge on any atom is -0.474 e. The van der Waals surface area contributed by atoms with Gasteiger partial charge in [-0.3, -0.25) is 9.59 Å². The molecule has 2 aromatic rings. The maximum Gasteiger partial charge on any atom is 0.409 e. The lowest BCUT2D eigenvalue weighted by Gasteiger charge is -2.35. The van der Waals surface area contributed by atoms with Gasteiger partial charge in [0.05, 0.1) is 19.1 Å². The minimum absolute atomic E-state index is 0.0330. The summed E-state index contributed by atoms with van der Waals surface area (Å²) in [5, 5.41) is 12.0. The van der Waals surface area contributed by atoms with Crippen molar-refractivity contribution < 1.29 is 23.9 Å². The van der Waals surface area contributed by atoms with Gasteiger partial charge in [0.25, 0.3) is 5.91 Å². The molecule has 1 atom stereocenters. The molecule has 1 aromatic heterocycles. The molecule has 1 aliphatic carbocycles.